The van der Waals surface area contributed by atoms with Gasteiger partial charge in [-0.3, -0.25) is 14.8 Å². The molecule has 1 amide bonds. The number of aromatic nitrogens is 1. The highest BCUT2D eigenvalue weighted by molar-refractivity contribution is 5.80. The molecule has 1 aromatic heterocycles. The molecule has 152 valence electrons. The van der Waals surface area contributed by atoms with E-state index in [1.165, 1.54) is 18.4 Å². The van der Waals surface area contributed by atoms with E-state index in [2.05, 4.69) is 45.6 Å². The highest BCUT2D eigenvalue weighted by atomic mass is 16.2. The zero-order valence-corrected chi connectivity index (χ0v) is 17.0. The van der Waals surface area contributed by atoms with Gasteiger partial charge in [-0.05, 0) is 61.3 Å². The van der Waals surface area contributed by atoms with Gasteiger partial charge in [0.25, 0.3) is 0 Å². The molecule has 0 spiro atoms. The van der Waals surface area contributed by atoms with E-state index in [0.717, 1.165) is 43.6 Å². The Balaban J connectivity index is 1.17. The molecule has 2 heterocycles. The average molecular weight is 391 g/mol. The van der Waals surface area contributed by atoms with Crippen LogP contribution in [0.2, 0.25) is 0 Å². The van der Waals surface area contributed by atoms with Gasteiger partial charge in [0.1, 0.15) is 0 Å². The second kappa shape index (κ2) is 9.79. The molecule has 0 bridgehead atoms. The largest absolute Gasteiger partial charge is 0.342 e. The number of rotatable bonds is 8. The van der Waals surface area contributed by atoms with Gasteiger partial charge in [-0.15, -0.1) is 0 Å². The minimum Gasteiger partial charge on any atom is -0.342 e. The maximum absolute atomic E-state index is 12.5. The Bertz CT molecular complexity index is 824. The van der Waals surface area contributed by atoms with Crippen LogP contribution in [0.4, 0.5) is 0 Å². The lowest BCUT2D eigenvalue weighted by Gasteiger charge is -2.32. The smallest absolute Gasteiger partial charge is 0.236 e. The molecule has 4 rings (SSSR count). The van der Waals surface area contributed by atoms with Crippen LogP contribution in [-0.2, 0) is 17.8 Å². The van der Waals surface area contributed by atoms with E-state index in [9.17, 15) is 4.79 Å². The van der Waals surface area contributed by atoms with Crippen LogP contribution in [0.5, 0.6) is 0 Å². The van der Waals surface area contributed by atoms with Crippen molar-refractivity contribution < 1.29 is 4.79 Å². The quantitative estimate of drug-likeness (QED) is 0.704. The number of nitrogens with zero attached hydrogens (tertiary/aromatic N) is 3. The number of piperidine rings is 1. The van der Waals surface area contributed by atoms with E-state index in [-0.39, 0.29) is 5.91 Å². The third-order valence-corrected chi connectivity index (χ3v) is 5.74. The molecule has 0 atom stereocenters. The normalized spacial score (nSPS) is 17.7. The van der Waals surface area contributed by atoms with Gasteiger partial charge in [0.05, 0.1) is 18.3 Å². The Morgan fingerprint density at radius 2 is 1.93 bits per heavy atom. The molecule has 2 aliphatic rings. The molecule has 2 fully saturated rings. The number of hydrogen-bond donors (Lipinski definition) is 1. The first-order chi connectivity index (χ1) is 14.3. The van der Waals surface area contributed by atoms with Crippen LogP contribution in [0.3, 0.4) is 0 Å². The van der Waals surface area contributed by atoms with Crippen molar-refractivity contribution in [2.75, 3.05) is 19.6 Å². The molecule has 1 N–H and O–H groups in total. The number of benzene rings is 1. The molecule has 1 aliphatic carbocycles. The summed E-state index contributed by atoms with van der Waals surface area (Å²) in [4.78, 5) is 23.4. The summed E-state index contributed by atoms with van der Waals surface area (Å²) in [5.74, 6) is 0.869. The monoisotopic (exact) mass is 390 g/mol. The standard InChI is InChI=1S/C24H30N4O/c29-24(28-12-9-20(10-13-28)14-19-4-2-1-3-5-19)18-25-17-23-15-21(8-11-26-23)16-27-22-6-7-22/h1-5,8,11,15-16,20,22,25H,6-7,9-10,12-14,17-18H2/b27-16+. The second-order valence-corrected chi connectivity index (χ2v) is 8.21. The molecule has 0 unspecified atom stereocenters. The number of pyridine rings is 1. The van der Waals surface area contributed by atoms with Gasteiger partial charge in [-0.25, -0.2) is 0 Å². The van der Waals surface area contributed by atoms with E-state index in [1.54, 1.807) is 0 Å². The molecule has 1 saturated heterocycles. The summed E-state index contributed by atoms with van der Waals surface area (Å²) in [6, 6.07) is 15.2. The van der Waals surface area contributed by atoms with Gasteiger partial charge in [0.2, 0.25) is 5.91 Å². The van der Waals surface area contributed by atoms with Crippen molar-refractivity contribution in [3.05, 3.63) is 65.5 Å². The van der Waals surface area contributed by atoms with Gasteiger partial charge in [-0.1, -0.05) is 30.3 Å². The highest BCUT2D eigenvalue weighted by Crippen LogP contribution is 2.23. The summed E-state index contributed by atoms with van der Waals surface area (Å²) in [5, 5.41) is 3.26. The van der Waals surface area contributed by atoms with Crippen molar-refractivity contribution >= 4 is 12.1 Å². The van der Waals surface area contributed by atoms with Crippen LogP contribution in [0, 0.1) is 5.92 Å². The van der Waals surface area contributed by atoms with Gasteiger partial charge >= 0.3 is 0 Å². The highest BCUT2D eigenvalue weighted by Gasteiger charge is 2.22. The van der Waals surface area contributed by atoms with Crippen LogP contribution < -0.4 is 5.32 Å². The van der Waals surface area contributed by atoms with Crippen molar-refractivity contribution in [1.82, 2.24) is 15.2 Å². The molecule has 5 heteroatoms. The van der Waals surface area contributed by atoms with Crippen molar-refractivity contribution in [2.45, 2.75) is 44.7 Å². The summed E-state index contributed by atoms with van der Waals surface area (Å²) in [7, 11) is 0. The Labute approximate surface area is 173 Å². The molecule has 29 heavy (non-hydrogen) atoms. The summed E-state index contributed by atoms with van der Waals surface area (Å²) >= 11 is 0. The fraction of sp³-hybridized carbons (Fsp3) is 0.458. The molecule has 1 aromatic carbocycles. The zero-order chi connectivity index (χ0) is 19.9. The number of hydrogen-bond acceptors (Lipinski definition) is 4. The number of likely N-dealkylation sites (tertiary alicyclic amines) is 1. The Kier molecular flexibility index (Phi) is 6.67. The summed E-state index contributed by atoms with van der Waals surface area (Å²) in [5.41, 5.74) is 3.42. The predicted molar refractivity (Wildman–Crippen MR) is 116 cm³/mol. The number of carbonyl (C=O) groups excluding carboxylic acids is 1. The minimum absolute atomic E-state index is 0.189. The number of nitrogens with one attached hydrogen (secondary N) is 1. The van der Waals surface area contributed by atoms with Crippen LogP contribution in [0.1, 0.15) is 42.5 Å². The minimum atomic E-state index is 0.189. The van der Waals surface area contributed by atoms with Crippen molar-refractivity contribution in [3.63, 3.8) is 0 Å². The average Bonchev–Trinajstić information content (AvgIpc) is 3.58. The summed E-state index contributed by atoms with van der Waals surface area (Å²) in [6.07, 6.45) is 9.46. The molecule has 2 aromatic rings. The third kappa shape index (κ3) is 6.23. The van der Waals surface area contributed by atoms with Crippen LogP contribution in [0.25, 0.3) is 0 Å². The lowest BCUT2D eigenvalue weighted by molar-refractivity contribution is -0.131. The first kappa shape index (κ1) is 19.8. The number of amides is 1. The zero-order valence-electron chi connectivity index (χ0n) is 17.0. The topological polar surface area (TPSA) is 57.6 Å². The molecule has 5 nitrogen and oxygen atoms in total. The van der Waals surface area contributed by atoms with Gasteiger partial charge in [-0.2, -0.15) is 0 Å². The molecule has 1 saturated carbocycles. The maximum atomic E-state index is 12.5. The summed E-state index contributed by atoms with van der Waals surface area (Å²) in [6.45, 7) is 2.69. The van der Waals surface area contributed by atoms with E-state index in [4.69, 9.17) is 0 Å². The Morgan fingerprint density at radius 1 is 1.14 bits per heavy atom. The fourth-order valence-corrected chi connectivity index (χ4v) is 3.83. The van der Waals surface area contributed by atoms with Gasteiger partial charge < -0.3 is 10.2 Å². The third-order valence-electron chi connectivity index (χ3n) is 5.74. The SMILES string of the molecule is O=C(CNCc1cc(/C=N/C2CC2)ccn1)N1CCC(Cc2ccccc2)CC1. The Hall–Kier alpha value is -2.53. The van der Waals surface area contributed by atoms with Crippen molar-refractivity contribution in [2.24, 2.45) is 10.9 Å². The van der Waals surface area contributed by atoms with E-state index in [0.29, 0.717) is 25.0 Å². The van der Waals surface area contributed by atoms with Crippen LogP contribution >= 0.6 is 0 Å². The number of carbonyl (C=O) groups is 1. The first-order valence-corrected chi connectivity index (χ1v) is 10.8. The lowest BCUT2D eigenvalue weighted by Crippen LogP contribution is -2.43. The van der Waals surface area contributed by atoms with Gasteiger partial charge in [0, 0.05) is 32.0 Å². The second-order valence-electron chi connectivity index (χ2n) is 8.21. The first-order valence-electron chi connectivity index (χ1n) is 10.8. The predicted octanol–water partition coefficient (Wildman–Crippen LogP) is 3.23. The van der Waals surface area contributed by atoms with E-state index in [1.807, 2.05) is 29.4 Å². The van der Waals surface area contributed by atoms with E-state index >= 15 is 0 Å². The summed E-state index contributed by atoms with van der Waals surface area (Å²) < 4.78 is 0. The Morgan fingerprint density at radius 3 is 2.69 bits per heavy atom. The maximum Gasteiger partial charge on any atom is 0.236 e. The van der Waals surface area contributed by atoms with Gasteiger partial charge in [0.15, 0.2) is 0 Å². The molecular weight excluding hydrogens is 360 g/mol. The van der Waals surface area contributed by atoms with Crippen LogP contribution in [0.15, 0.2) is 53.7 Å². The fourth-order valence-electron chi connectivity index (χ4n) is 3.83. The van der Waals surface area contributed by atoms with E-state index < -0.39 is 0 Å². The molecular formula is C24H30N4O. The molecule has 0 radical (unpaired) electrons. The molecule has 1 aliphatic heterocycles. The van der Waals surface area contributed by atoms with Crippen LogP contribution in [-0.4, -0.2) is 47.7 Å². The van der Waals surface area contributed by atoms with Crippen molar-refractivity contribution in [3.8, 4) is 0 Å². The lowest BCUT2D eigenvalue weighted by atomic mass is 9.90. The number of aliphatic imine (C=N–C) groups is 1. The van der Waals surface area contributed by atoms with Crippen molar-refractivity contribution in [1.29, 1.82) is 0 Å².